The van der Waals surface area contributed by atoms with Gasteiger partial charge in [-0.3, -0.25) is 0 Å². The van der Waals surface area contributed by atoms with Gasteiger partial charge in [0.15, 0.2) is 5.69 Å². The second-order valence-electron chi connectivity index (χ2n) is 4.36. The summed E-state index contributed by atoms with van der Waals surface area (Å²) in [4.78, 5) is 5.66. The zero-order chi connectivity index (χ0) is 12.5. The molecule has 0 bridgehead atoms. The normalized spacial score (nSPS) is 23.2. The Hall–Kier alpha value is -1.16. The van der Waals surface area contributed by atoms with Gasteiger partial charge in [0.05, 0.1) is 13.7 Å². The number of fused-ring (bicyclic) bond motifs is 1. The molecule has 1 aliphatic rings. The van der Waals surface area contributed by atoms with Crippen LogP contribution in [0.5, 0.6) is 0 Å². The molecule has 3 nitrogen and oxygen atoms in total. The number of quaternary nitrogens is 1. The molecule has 0 N–H and O–H groups in total. The molecule has 0 fully saturated rings. The van der Waals surface area contributed by atoms with Crippen molar-refractivity contribution >= 4 is 5.69 Å². The lowest BCUT2D eigenvalue weighted by Gasteiger charge is -2.34. The molecule has 1 atom stereocenters. The van der Waals surface area contributed by atoms with E-state index < -0.39 is 0 Å². The lowest BCUT2D eigenvalue weighted by Crippen LogP contribution is -2.44. The highest BCUT2D eigenvalue weighted by Crippen LogP contribution is 2.37. The van der Waals surface area contributed by atoms with E-state index in [4.69, 9.17) is 9.57 Å². The van der Waals surface area contributed by atoms with Crippen LogP contribution < -0.4 is 4.65 Å². The Morgan fingerprint density at radius 2 is 2.00 bits per heavy atom. The van der Waals surface area contributed by atoms with Gasteiger partial charge in [-0.25, -0.2) is 0 Å². The van der Waals surface area contributed by atoms with E-state index in [9.17, 15) is 0 Å². The highest BCUT2D eigenvalue weighted by molar-refractivity contribution is 5.62. The molecule has 3 heteroatoms. The second kappa shape index (κ2) is 4.61. The van der Waals surface area contributed by atoms with Crippen LogP contribution in [0.25, 0.3) is 0 Å². The van der Waals surface area contributed by atoms with E-state index in [1.165, 1.54) is 11.1 Å². The average Bonchev–Trinajstić information content (AvgIpc) is 2.35. The Labute approximate surface area is 103 Å². The third kappa shape index (κ3) is 1.90. The minimum absolute atomic E-state index is 0.392. The summed E-state index contributed by atoms with van der Waals surface area (Å²) in [5.41, 5.74) is 4.70. The Balaban J connectivity index is 2.55. The van der Waals surface area contributed by atoms with Crippen LogP contribution in [-0.4, -0.2) is 21.3 Å². The molecule has 1 aliphatic heterocycles. The highest BCUT2D eigenvalue weighted by atomic mass is 16.7. The van der Waals surface area contributed by atoms with Crippen molar-refractivity contribution in [1.82, 2.24) is 4.65 Å². The van der Waals surface area contributed by atoms with Crippen molar-refractivity contribution in [2.24, 2.45) is 0 Å². The molecule has 1 unspecified atom stereocenters. The van der Waals surface area contributed by atoms with E-state index >= 15 is 0 Å². The first kappa shape index (κ1) is 12.3. The molecule has 1 radical (unpaired) electrons. The third-order valence-electron chi connectivity index (χ3n) is 3.46. The highest BCUT2D eigenvalue weighted by Gasteiger charge is 2.35. The van der Waals surface area contributed by atoms with Gasteiger partial charge in [0.2, 0.25) is 0 Å². The lowest BCUT2D eigenvalue weighted by atomic mass is 9.98. The molecule has 0 aromatic heterocycles. The molecule has 1 aromatic rings. The quantitative estimate of drug-likeness (QED) is 0.747. The van der Waals surface area contributed by atoms with Crippen molar-refractivity contribution in [2.75, 3.05) is 21.3 Å². The summed E-state index contributed by atoms with van der Waals surface area (Å²) in [5, 5.41) is 0. The lowest BCUT2D eigenvalue weighted by molar-refractivity contribution is -0.0694. The van der Waals surface area contributed by atoms with Crippen LogP contribution in [0.2, 0.25) is 0 Å². The van der Waals surface area contributed by atoms with Crippen molar-refractivity contribution in [3.05, 3.63) is 47.5 Å². The van der Waals surface area contributed by atoms with Gasteiger partial charge >= 0.3 is 0 Å². The van der Waals surface area contributed by atoms with Crippen LogP contribution >= 0.6 is 0 Å². The van der Waals surface area contributed by atoms with Crippen LogP contribution in [0, 0.1) is 6.42 Å². The molecule has 0 amide bonds. The summed E-state index contributed by atoms with van der Waals surface area (Å²) in [7, 11) is 5.50. The Morgan fingerprint density at radius 1 is 1.24 bits per heavy atom. The van der Waals surface area contributed by atoms with Gasteiger partial charge in [-0.05, 0) is 11.6 Å². The molecule has 91 valence electrons. The Kier molecular flexibility index (Phi) is 3.33. The summed E-state index contributed by atoms with van der Waals surface area (Å²) in [6.07, 6.45) is 4.24. The number of hydrogen-bond donors (Lipinski definition) is 0. The van der Waals surface area contributed by atoms with Gasteiger partial charge in [0.1, 0.15) is 12.7 Å². The van der Waals surface area contributed by atoms with Crippen molar-refractivity contribution < 1.29 is 9.57 Å². The van der Waals surface area contributed by atoms with Crippen molar-refractivity contribution in [3.63, 3.8) is 0 Å². The largest absolute Gasteiger partial charge is 0.380 e. The molecule has 0 saturated carbocycles. The standard InChI is InChI=1S/C14H19NO2/c1-11-8-9-13-12(10-16-3)6-5-7-14(13)15(11,2)17-4/h5-9H,10H2,1-4H3/q+1. The molecular weight excluding hydrogens is 214 g/mol. The molecule has 1 aromatic carbocycles. The van der Waals surface area contributed by atoms with Gasteiger partial charge in [-0.1, -0.05) is 12.1 Å². The monoisotopic (exact) mass is 233 g/mol. The summed E-state index contributed by atoms with van der Waals surface area (Å²) in [6, 6.07) is 6.24. The maximum absolute atomic E-state index is 5.66. The van der Waals surface area contributed by atoms with Crippen molar-refractivity contribution in [1.29, 1.82) is 0 Å². The number of rotatable bonds is 3. The van der Waals surface area contributed by atoms with Gasteiger partial charge in [0, 0.05) is 32.1 Å². The summed E-state index contributed by atoms with van der Waals surface area (Å²) < 4.78 is 5.63. The number of methoxy groups -OCH3 is 1. The fourth-order valence-corrected chi connectivity index (χ4v) is 2.22. The van der Waals surface area contributed by atoms with E-state index in [1.807, 2.05) is 7.05 Å². The van der Waals surface area contributed by atoms with Gasteiger partial charge in [-0.2, -0.15) is 4.84 Å². The number of nitrogens with zero attached hydrogens (tertiary/aromatic N) is 1. The van der Waals surface area contributed by atoms with Crippen molar-refractivity contribution in [3.8, 4) is 0 Å². The van der Waals surface area contributed by atoms with E-state index in [2.05, 4.69) is 37.6 Å². The zero-order valence-electron chi connectivity index (χ0n) is 10.9. The first-order chi connectivity index (χ1) is 8.13. The maximum Gasteiger partial charge on any atom is 0.174 e. The average molecular weight is 233 g/mol. The van der Waals surface area contributed by atoms with Crippen molar-refractivity contribution in [2.45, 2.75) is 13.5 Å². The topological polar surface area (TPSA) is 18.5 Å². The summed E-state index contributed by atoms with van der Waals surface area (Å²) in [6.45, 7) is 2.70. The predicted molar refractivity (Wildman–Crippen MR) is 69.0 cm³/mol. The maximum atomic E-state index is 5.66. The summed E-state index contributed by atoms with van der Waals surface area (Å²) in [5.74, 6) is 0. The SMILES string of the molecule is COCc1cccc2c1[CH]C=C(C)[N+]2(C)OC. The van der Waals surface area contributed by atoms with Crippen LogP contribution in [0.3, 0.4) is 0 Å². The fraction of sp³-hybridized carbons (Fsp3) is 0.357. The smallest absolute Gasteiger partial charge is 0.174 e. The molecule has 17 heavy (non-hydrogen) atoms. The number of ether oxygens (including phenoxy) is 1. The first-order valence-corrected chi connectivity index (χ1v) is 5.69. The van der Waals surface area contributed by atoms with Gasteiger partial charge < -0.3 is 4.74 Å². The minimum Gasteiger partial charge on any atom is -0.380 e. The fourth-order valence-electron chi connectivity index (χ4n) is 2.22. The van der Waals surface area contributed by atoms with Crippen LogP contribution in [0.4, 0.5) is 5.69 Å². The number of benzene rings is 1. The number of hydroxylamine groups is 2. The van der Waals surface area contributed by atoms with Crippen LogP contribution in [0.15, 0.2) is 30.0 Å². The first-order valence-electron chi connectivity index (χ1n) is 5.69. The third-order valence-corrected chi connectivity index (χ3v) is 3.46. The zero-order valence-corrected chi connectivity index (χ0v) is 10.9. The number of allylic oxidation sites excluding steroid dienone is 2. The van der Waals surface area contributed by atoms with E-state index in [0.29, 0.717) is 11.3 Å². The van der Waals surface area contributed by atoms with Gasteiger partial charge in [0.25, 0.3) is 0 Å². The molecule has 0 saturated heterocycles. The van der Waals surface area contributed by atoms with Crippen LogP contribution in [0.1, 0.15) is 18.1 Å². The molecule has 2 rings (SSSR count). The van der Waals surface area contributed by atoms with E-state index in [1.54, 1.807) is 14.2 Å². The Bertz CT molecular complexity index is 454. The Morgan fingerprint density at radius 3 is 2.65 bits per heavy atom. The summed E-state index contributed by atoms with van der Waals surface area (Å²) >= 11 is 0. The minimum atomic E-state index is 0.392. The molecule has 1 heterocycles. The van der Waals surface area contributed by atoms with E-state index in [0.717, 1.165) is 11.4 Å². The predicted octanol–water partition coefficient (Wildman–Crippen LogP) is 2.80. The molecule has 0 aliphatic carbocycles. The molecule has 0 spiro atoms. The van der Waals surface area contributed by atoms with Crippen LogP contribution in [-0.2, 0) is 16.2 Å². The molecular formula is C14H19NO2+. The van der Waals surface area contributed by atoms with E-state index in [-0.39, 0.29) is 0 Å². The number of hydrogen-bond acceptors (Lipinski definition) is 2. The van der Waals surface area contributed by atoms with Gasteiger partial charge in [-0.15, -0.1) is 4.65 Å². The second-order valence-corrected chi connectivity index (χ2v) is 4.36.